The fourth-order valence-corrected chi connectivity index (χ4v) is 2.82. The van der Waals surface area contributed by atoms with Crippen molar-refractivity contribution in [3.63, 3.8) is 0 Å². The summed E-state index contributed by atoms with van der Waals surface area (Å²) in [6, 6.07) is 15.8. The quantitative estimate of drug-likeness (QED) is 0.595. The van der Waals surface area contributed by atoms with E-state index in [9.17, 15) is 9.18 Å². The molecule has 0 saturated heterocycles. The number of halogens is 1. The van der Waals surface area contributed by atoms with Crippen LogP contribution in [0.5, 0.6) is 11.5 Å². The topological polar surface area (TPSA) is 60.5 Å². The third-order valence-corrected chi connectivity index (χ3v) is 4.44. The van der Waals surface area contributed by atoms with E-state index in [1.807, 2.05) is 30.3 Å². The van der Waals surface area contributed by atoms with Crippen LogP contribution in [0.3, 0.4) is 0 Å². The number of rotatable bonds is 9. The van der Waals surface area contributed by atoms with E-state index in [0.29, 0.717) is 36.6 Å². The maximum absolute atomic E-state index is 13.6. The molecule has 150 valence electrons. The first-order chi connectivity index (χ1) is 14.2. The highest BCUT2D eigenvalue weighted by Crippen LogP contribution is 2.28. The number of aromatic nitrogens is 1. The molecule has 1 aromatic heterocycles. The molecule has 6 heteroatoms. The number of hydrogen-bond acceptors (Lipinski definition) is 4. The van der Waals surface area contributed by atoms with Crippen molar-refractivity contribution in [3.05, 3.63) is 89.5 Å². The molecule has 1 N–H and O–H groups in total. The monoisotopic (exact) mass is 394 g/mol. The molecule has 0 atom stereocenters. The van der Waals surface area contributed by atoms with Crippen LogP contribution in [0.4, 0.5) is 4.39 Å². The molecule has 1 heterocycles. The van der Waals surface area contributed by atoms with Gasteiger partial charge in [-0.2, -0.15) is 0 Å². The summed E-state index contributed by atoms with van der Waals surface area (Å²) in [6.07, 6.45) is 4.02. The molecule has 1 amide bonds. The molecule has 0 radical (unpaired) electrons. The van der Waals surface area contributed by atoms with Crippen LogP contribution in [0, 0.1) is 5.82 Å². The highest BCUT2D eigenvalue weighted by molar-refractivity contribution is 5.76. The normalized spacial score (nSPS) is 10.4. The summed E-state index contributed by atoms with van der Waals surface area (Å²) in [5.41, 5.74) is 2.44. The largest absolute Gasteiger partial charge is 0.493 e. The lowest BCUT2D eigenvalue weighted by Crippen LogP contribution is -2.23. The number of hydrogen-bond donors (Lipinski definition) is 1. The van der Waals surface area contributed by atoms with Gasteiger partial charge in [0, 0.05) is 25.4 Å². The van der Waals surface area contributed by atoms with E-state index in [1.165, 1.54) is 6.07 Å². The minimum atomic E-state index is -0.285. The van der Waals surface area contributed by atoms with Gasteiger partial charge < -0.3 is 14.8 Å². The summed E-state index contributed by atoms with van der Waals surface area (Å²) >= 11 is 0. The lowest BCUT2D eigenvalue weighted by Gasteiger charge is -2.13. The highest BCUT2D eigenvalue weighted by Gasteiger charge is 2.09. The van der Waals surface area contributed by atoms with Crippen molar-refractivity contribution < 1.29 is 18.7 Å². The molecular weight excluding hydrogens is 371 g/mol. The average molecular weight is 394 g/mol. The van der Waals surface area contributed by atoms with E-state index >= 15 is 0 Å². The Labute approximate surface area is 169 Å². The third-order valence-electron chi connectivity index (χ3n) is 4.44. The maximum Gasteiger partial charge on any atom is 0.220 e. The number of carbonyl (C=O) groups excluding carboxylic acids is 1. The minimum Gasteiger partial charge on any atom is -0.493 e. The van der Waals surface area contributed by atoms with Crippen LogP contribution in [0.15, 0.2) is 67.0 Å². The predicted molar refractivity (Wildman–Crippen MR) is 108 cm³/mol. The zero-order valence-corrected chi connectivity index (χ0v) is 16.2. The molecule has 0 fully saturated rings. The summed E-state index contributed by atoms with van der Waals surface area (Å²) in [5.74, 6) is 0.800. The van der Waals surface area contributed by atoms with E-state index in [1.54, 1.807) is 37.7 Å². The number of methoxy groups -OCH3 is 1. The van der Waals surface area contributed by atoms with Gasteiger partial charge in [0.1, 0.15) is 12.4 Å². The van der Waals surface area contributed by atoms with Crippen molar-refractivity contribution in [3.8, 4) is 11.5 Å². The maximum atomic E-state index is 13.6. The minimum absolute atomic E-state index is 0.134. The fourth-order valence-electron chi connectivity index (χ4n) is 2.82. The number of amides is 1. The fraction of sp³-hybridized carbons (Fsp3) is 0.217. The van der Waals surface area contributed by atoms with Gasteiger partial charge in [-0.25, -0.2) is 4.39 Å². The van der Waals surface area contributed by atoms with Gasteiger partial charge in [-0.3, -0.25) is 9.78 Å². The van der Waals surface area contributed by atoms with Crippen LogP contribution in [0.2, 0.25) is 0 Å². The van der Waals surface area contributed by atoms with Gasteiger partial charge in [-0.05, 0) is 53.4 Å². The second-order valence-electron chi connectivity index (χ2n) is 6.50. The van der Waals surface area contributed by atoms with Crippen LogP contribution < -0.4 is 14.8 Å². The number of carbonyl (C=O) groups is 1. The molecule has 0 unspecified atom stereocenters. The van der Waals surface area contributed by atoms with Crippen molar-refractivity contribution >= 4 is 5.91 Å². The van der Waals surface area contributed by atoms with Gasteiger partial charge in [0.15, 0.2) is 11.5 Å². The van der Waals surface area contributed by atoms with Crippen molar-refractivity contribution in [2.75, 3.05) is 7.11 Å². The Morgan fingerprint density at radius 2 is 1.83 bits per heavy atom. The molecule has 0 saturated carbocycles. The zero-order chi connectivity index (χ0) is 20.5. The molecule has 3 aromatic rings. The van der Waals surface area contributed by atoms with Crippen molar-refractivity contribution in [1.82, 2.24) is 10.3 Å². The van der Waals surface area contributed by atoms with Gasteiger partial charge in [-0.1, -0.05) is 24.3 Å². The summed E-state index contributed by atoms with van der Waals surface area (Å²) in [5, 5.41) is 2.85. The SMILES string of the molecule is COc1cc(CNC(=O)CCc2ccccc2F)ccc1OCc1ccncc1. The Kier molecular flexibility index (Phi) is 7.16. The van der Waals surface area contributed by atoms with Crippen molar-refractivity contribution in [1.29, 1.82) is 0 Å². The van der Waals surface area contributed by atoms with E-state index in [0.717, 1.165) is 11.1 Å². The zero-order valence-electron chi connectivity index (χ0n) is 16.2. The molecule has 0 spiro atoms. The molecule has 29 heavy (non-hydrogen) atoms. The van der Waals surface area contributed by atoms with Gasteiger partial charge in [-0.15, -0.1) is 0 Å². The molecule has 5 nitrogen and oxygen atoms in total. The number of nitrogens with one attached hydrogen (secondary N) is 1. The van der Waals surface area contributed by atoms with E-state index in [4.69, 9.17) is 9.47 Å². The van der Waals surface area contributed by atoms with Crippen molar-refractivity contribution in [2.24, 2.45) is 0 Å². The van der Waals surface area contributed by atoms with Gasteiger partial charge in [0.2, 0.25) is 5.91 Å². The first kappa shape index (κ1) is 20.3. The summed E-state index contributed by atoms with van der Waals surface area (Å²) in [7, 11) is 1.57. The smallest absolute Gasteiger partial charge is 0.220 e. The lowest BCUT2D eigenvalue weighted by molar-refractivity contribution is -0.121. The van der Waals surface area contributed by atoms with Crippen LogP contribution in [-0.4, -0.2) is 18.0 Å². The third kappa shape index (κ3) is 6.04. The Morgan fingerprint density at radius 3 is 2.59 bits per heavy atom. The number of nitrogens with zero attached hydrogens (tertiary/aromatic N) is 1. The van der Waals surface area contributed by atoms with Gasteiger partial charge >= 0.3 is 0 Å². The van der Waals surface area contributed by atoms with E-state index in [2.05, 4.69) is 10.3 Å². The summed E-state index contributed by atoms with van der Waals surface area (Å²) in [6.45, 7) is 0.766. The van der Waals surface area contributed by atoms with Crippen molar-refractivity contribution in [2.45, 2.75) is 26.0 Å². The van der Waals surface area contributed by atoms with Crippen LogP contribution in [0.1, 0.15) is 23.1 Å². The first-order valence-electron chi connectivity index (χ1n) is 9.34. The average Bonchev–Trinajstić information content (AvgIpc) is 2.76. The Balaban J connectivity index is 1.51. The summed E-state index contributed by atoms with van der Waals surface area (Å²) < 4.78 is 24.8. The second-order valence-corrected chi connectivity index (χ2v) is 6.50. The molecule has 0 bridgehead atoms. The predicted octanol–water partition coefficient (Wildman–Crippen LogP) is 4.06. The summed E-state index contributed by atoms with van der Waals surface area (Å²) in [4.78, 5) is 16.1. The number of aryl methyl sites for hydroxylation is 1. The lowest BCUT2D eigenvalue weighted by atomic mass is 10.1. The Morgan fingerprint density at radius 1 is 1.03 bits per heavy atom. The highest BCUT2D eigenvalue weighted by atomic mass is 19.1. The van der Waals surface area contributed by atoms with E-state index in [-0.39, 0.29) is 18.1 Å². The standard InChI is InChI=1S/C23H23FN2O3/c1-28-22-14-18(6-8-21(22)29-16-17-10-12-25-13-11-17)15-26-23(27)9-7-19-4-2-3-5-20(19)24/h2-6,8,10-14H,7,9,15-16H2,1H3,(H,26,27). The van der Waals surface area contributed by atoms with Crippen LogP contribution in [-0.2, 0) is 24.4 Å². The molecule has 2 aromatic carbocycles. The molecule has 0 aliphatic heterocycles. The molecule has 0 aliphatic carbocycles. The number of ether oxygens (including phenoxy) is 2. The van der Waals surface area contributed by atoms with Crippen LogP contribution >= 0.6 is 0 Å². The second kappa shape index (κ2) is 10.2. The Hall–Kier alpha value is -3.41. The molecule has 3 rings (SSSR count). The van der Waals surface area contributed by atoms with Crippen LogP contribution in [0.25, 0.3) is 0 Å². The molecule has 0 aliphatic rings. The van der Waals surface area contributed by atoms with Gasteiger partial charge in [0.25, 0.3) is 0 Å². The number of benzene rings is 2. The number of pyridine rings is 1. The first-order valence-corrected chi connectivity index (χ1v) is 9.34. The molecular formula is C23H23FN2O3. The van der Waals surface area contributed by atoms with E-state index < -0.39 is 0 Å². The Bertz CT molecular complexity index is 948. The van der Waals surface area contributed by atoms with Gasteiger partial charge in [0.05, 0.1) is 7.11 Å².